The number of para-hydroxylation sites is 2. The highest BCUT2D eigenvalue weighted by atomic mass is 15.0. The monoisotopic (exact) mass is 996 g/mol. The van der Waals surface area contributed by atoms with Crippen LogP contribution in [0.3, 0.4) is 0 Å². The number of nitriles is 1. The fourth-order valence-corrected chi connectivity index (χ4v) is 11.2. The third-order valence-corrected chi connectivity index (χ3v) is 15.2. The Morgan fingerprint density at radius 2 is 0.641 bits per heavy atom. The lowest BCUT2D eigenvalue weighted by Crippen LogP contribution is -2.04. The molecule has 14 aromatic rings. The summed E-state index contributed by atoms with van der Waals surface area (Å²) in [6, 6.07) is 92.7. The minimum absolute atomic E-state index is 0.561. The maximum atomic E-state index is 9.87. The van der Waals surface area contributed by atoms with Gasteiger partial charge in [-0.25, -0.2) is 15.0 Å². The SMILES string of the molecule is Cc1ccc(-c2ccc3c(c2)c2ccccc2n3-c2ccc(-c3ccc(C#N)cc3)cc2-c2cc(-c3nc(-c4ccccc4)nc(-c4ccccc4)n3)ccc2-n2c3ccccc3c3cc(-c4ccc(C)cc4)ccc32)cc1. The third-order valence-electron chi connectivity index (χ3n) is 15.2. The first-order valence-corrected chi connectivity index (χ1v) is 26.3. The van der Waals surface area contributed by atoms with E-state index >= 15 is 0 Å². The van der Waals surface area contributed by atoms with Crippen molar-refractivity contribution in [3.05, 3.63) is 271 Å². The van der Waals surface area contributed by atoms with Crippen molar-refractivity contribution in [3.8, 4) is 96.1 Å². The van der Waals surface area contributed by atoms with Crippen LogP contribution in [0.5, 0.6) is 0 Å². The van der Waals surface area contributed by atoms with Crippen molar-refractivity contribution in [3.63, 3.8) is 0 Å². The molecule has 6 heteroatoms. The van der Waals surface area contributed by atoms with Gasteiger partial charge < -0.3 is 9.13 Å². The summed E-state index contributed by atoms with van der Waals surface area (Å²) >= 11 is 0. The number of aryl methyl sites for hydroxylation is 2. The van der Waals surface area contributed by atoms with Crippen molar-refractivity contribution in [1.82, 2.24) is 24.1 Å². The van der Waals surface area contributed by atoms with Crippen LogP contribution in [-0.4, -0.2) is 24.1 Å². The van der Waals surface area contributed by atoms with E-state index in [9.17, 15) is 5.26 Å². The minimum atomic E-state index is 0.561. The van der Waals surface area contributed by atoms with Gasteiger partial charge in [-0.1, -0.05) is 187 Å². The molecule has 0 atom stereocenters. The van der Waals surface area contributed by atoms with Crippen molar-refractivity contribution >= 4 is 43.6 Å². The van der Waals surface area contributed by atoms with E-state index in [1.54, 1.807) is 0 Å². The van der Waals surface area contributed by atoms with Gasteiger partial charge in [-0.2, -0.15) is 5.26 Å². The molecule has 3 aromatic heterocycles. The van der Waals surface area contributed by atoms with Crippen LogP contribution >= 0.6 is 0 Å². The average Bonchev–Trinajstić information content (AvgIpc) is 4.04. The Morgan fingerprint density at radius 1 is 0.295 bits per heavy atom. The summed E-state index contributed by atoms with van der Waals surface area (Å²) in [5, 5.41) is 14.5. The van der Waals surface area contributed by atoms with Gasteiger partial charge in [0.05, 0.1) is 45.1 Å². The Bertz CT molecular complexity index is 4600. The van der Waals surface area contributed by atoms with Gasteiger partial charge in [0.25, 0.3) is 0 Å². The van der Waals surface area contributed by atoms with Gasteiger partial charge in [0, 0.05) is 49.4 Å². The lowest BCUT2D eigenvalue weighted by Gasteiger charge is -2.21. The highest BCUT2D eigenvalue weighted by molar-refractivity contribution is 6.13. The molecule has 0 bridgehead atoms. The molecule has 14 rings (SSSR count). The summed E-state index contributed by atoms with van der Waals surface area (Å²) in [5.41, 5.74) is 20.8. The Balaban J connectivity index is 1.08. The zero-order valence-corrected chi connectivity index (χ0v) is 42.9. The number of nitrogens with zero attached hydrogens (tertiary/aromatic N) is 6. The van der Waals surface area contributed by atoms with Crippen molar-refractivity contribution in [2.24, 2.45) is 0 Å². The molecule has 3 heterocycles. The molecule has 0 N–H and O–H groups in total. The molecule has 0 aliphatic carbocycles. The van der Waals surface area contributed by atoms with E-state index in [0.29, 0.717) is 23.0 Å². The number of fused-ring (bicyclic) bond motifs is 6. The molecule has 0 aliphatic rings. The van der Waals surface area contributed by atoms with E-state index < -0.39 is 0 Å². The maximum Gasteiger partial charge on any atom is 0.164 e. The minimum Gasteiger partial charge on any atom is -0.309 e. The molecule has 0 spiro atoms. The highest BCUT2D eigenvalue weighted by Crippen LogP contribution is 2.45. The molecular weight excluding hydrogens is 949 g/mol. The summed E-state index contributed by atoms with van der Waals surface area (Å²) in [7, 11) is 0. The third kappa shape index (κ3) is 8.10. The van der Waals surface area contributed by atoms with E-state index in [2.05, 4.69) is 199 Å². The second kappa shape index (κ2) is 19.0. The van der Waals surface area contributed by atoms with E-state index in [4.69, 9.17) is 15.0 Å². The zero-order valence-electron chi connectivity index (χ0n) is 42.9. The zero-order chi connectivity index (χ0) is 52.3. The van der Waals surface area contributed by atoms with Gasteiger partial charge in [-0.05, 0) is 126 Å². The Morgan fingerprint density at radius 3 is 1.10 bits per heavy atom. The van der Waals surface area contributed by atoms with Gasteiger partial charge in [0.15, 0.2) is 17.5 Å². The largest absolute Gasteiger partial charge is 0.309 e. The molecule has 0 aliphatic heterocycles. The van der Waals surface area contributed by atoms with Gasteiger partial charge in [-0.3, -0.25) is 0 Å². The van der Waals surface area contributed by atoms with Gasteiger partial charge in [-0.15, -0.1) is 0 Å². The molecule has 0 unspecified atom stereocenters. The van der Waals surface area contributed by atoms with E-state index in [1.807, 2.05) is 84.9 Å². The quantitative estimate of drug-likeness (QED) is 0.144. The van der Waals surface area contributed by atoms with Crippen LogP contribution in [-0.2, 0) is 0 Å². The van der Waals surface area contributed by atoms with E-state index in [0.717, 1.165) is 99.7 Å². The molecule has 6 nitrogen and oxygen atoms in total. The highest BCUT2D eigenvalue weighted by Gasteiger charge is 2.24. The molecule has 0 amide bonds. The molecule has 0 fully saturated rings. The number of hydrogen-bond acceptors (Lipinski definition) is 4. The van der Waals surface area contributed by atoms with Crippen LogP contribution in [0.2, 0.25) is 0 Å². The van der Waals surface area contributed by atoms with Gasteiger partial charge in [0.2, 0.25) is 0 Å². The molecular formula is C72H48N6. The molecule has 11 aromatic carbocycles. The summed E-state index contributed by atoms with van der Waals surface area (Å²) in [6.45, 7) is 4.26. The van der Waals surface area contributed by atoms with Crippen LogP contribution in [0.25, 0.3) is 134 Å². The number of aromatic nitrogens is 5. The lowest BCUT2D eigenvalue weighted by molar-refractivity contribution is 1.07. The van der Waals surface area contributed by atoms with Crippen molar-refractivity contribution in [1.29, 1.82) is 5.26 Å². The van der Waals surface area contributed by atoms with E-state index in [1.165, 1.54) is 27.6 Å². The van der Waals surface area contributed by atoms with Crippen LogP contribution in [0.15, 0.2) is 255 Å². The van der Waals surface area contributed by atoms with Crippen LogP contribution < -0.4 is 0 Å². The summed E-state index contributed by atoms with van der Waals surface area (Å²) < 4.78 is 4.86. The molecule has 0 saturated carbocycles. The first-order valence-electron chi connectivity index (χ1n) is 26.3. The topological polar surface area (TPSA) is 72.3 Å². The second-order valence-corrected chi connectivity index (χ2v) is 20.1. The number of benzene rings is 11. The molecule has 0 radical (unpaired) electrons. The molecule has 78 heavy (non-hydrogen) atoms. The molecule has 366 valence electrons. The Kier molecular flexibility index (Phi) is 11.2. The second-order valence-electron chi connectivity index (χ2n) is 20.1. The van der Waals surface area contributed by atoms with Gasteiger partial charge >= 0.3 is 0 Å². The predicted octanol–water partition coefficient (Wildman–Crippen LogP) is 18.2. The van der Waals surface area contributed by atoms with Gasteiger partial charge in [0.1, 0.15) is 0 Å². The Hall–Kier alpha value is -10.5. The first kappa shape index (κ1) is 46.1. The summed E-state index contributed by atoms with van der Waals surface area (Å²) in [5.74, 6) is 1.75. The predicted molar refractivity (Wildman–Crippen MR) is 321 cm³/mol. The number of rotatable bonds is 9. The standard InChI is InChI=1S/C72H48N6/c1-46-21-27-49(28-22-46)54-33-37-66-60(41-54)58-17-9-11-19-64(58)77(66)68-39-35-56(51-31-25-48(45-73)26-32-51)43-62(68)63-44-57(72-75-70(52-13-5-3-6-14-52)74-71(76-72)53-15-7-4-8-16-53)36-40-69(63)78-65-20-12-10-18-59(65)61-42-55(34-38-67(61)78)50-29-23-47(2)24-30-50/h3-44H,1-2H3. The molecule has 0 saturated heterocycles. The summed E-state index contributed by atoms with van der Waals surface area (Å²) in [4.78, 5) is 15.6. The van der Waals surface area contributed by atoms with Crippen molar-refractivity contribution < 1.29 is 0 Å². The van der Waals surface area contributed by atoms with E-state index in [-0.39, 0.29) is 0 Å². The van der Waals surface area contributed by atoms with Crippen LogP contribution in [0.1, 0.15) is 16.7 Å². The fourth-order valence-electron chi connectivity index (χ4n) is 11.2. The normalized spacial score (nSPS) is 11.4. The van der Waals surface area contributed by atoms with Crippen molar-refractivity contribution in [2.75, 3.05) is 0 Å². The van der Waals surface area contributed by atoms with Crippen LogP contribution in [0, 0.1) is 25.2 Å². The average molecular weight is 997 g/mol. The first-order chi connectivity index (χ1) is 38.4. The van der Waals surface area contributed by atoms with Crippen LogP contribution in [0.4, 0.5) is 0 Å². The number of hydrogen-bond donors (Lipinski definition) is 0. The Labute approximate surface area is 452 Å². The smallest absolute Gasteiger partial charge is 0.164 e. The lowest BCUT2D eigenvalue weighted by atomic mass is 9.94. The maximum absolute atomic E-state index is 9.87. The fraction of sp³-hybridized carbons (Fsp3) is 0.0278. The van der Waals surface area contributed by atoms with Crippen molar-refractivity contribution in [2.45, 2.75) is 13.8 Å². The summed E-state index contributed by atoms with van der Waals surface area (Å²) in [6.07, 6.45) is 0.